The van der Waals surface area contributed by atoms with E-state index >= 15 is 0 Å². The molecule has 19 nitrogen and oxygen atoms in total. The third kappa shape index (κ3) is 30.9. The van der Waals surface area contributed by atoms with E-state index in [4.69, 9.17) is 29.0 Å². The highest BCUT2D eigenvalue weighted by Gasteiger charge is 2.46. The zero-order chi connectivity index (χ0) is 52.3. The molecule has 1 aliphatic heterocycles. The highest BCUT2D eigenvalue weighted by molar-refractivity contribution is 7.61. The fourth-order valence-corrected chi connectivity index (χ4v) is 9.34. The Morgan fingerprint density at radius 3 is 1.93 bits per heavy atom. The minimum Gasteiger partial charge on any atom is -0.462 e. The Labute approximate surface area is 420 Å². The van der Waals surface area contributed by atoms with Crippen LogP contribution >= 0.6 is 15.6 Å². The van der Waals surface area contributed by atoms with Crippen molar-refractivity contribution in [2.24, 2.45) is 5.92 Å². The topological polar surface area (TPSA) is 286 Å². The number of anilines is 1. The average molecular weight is 1040 g/mol. The Balaban J connectivity index is 1.86. The number of allylic oxidation sites excluding steroid dienone is 9. The first-order chi connectivity index (χ1) is 33.9. The summed E-state index contributed by atoms with van der Waals surface area (Å²) in [5, 5.41) is 31.3. The molecular formula is C50H83N3O16P2. The molecule has 2 rings (SSSR count). The van der Waals surface area contributed by atoms with Crippen LogP contribution in [0.5, 0.6) is 0 Å². The van der Waals surface area contributed by atoms with Crippen molar-refractivity contribution < 1.29 is 71.4 Å². The molecule has 2 heterocycles. The van der Waals surface area contributed by atoms with E-state index in [0.29, 0.717) is 6.42 Å². The first-order valence-electron chi connectivity index (χ1n) is 25.3. The number of ether oxygens (including phenoxy) is 3. The monoisotopic (exact) mass is 1040 g/mol. The van der Waals surface area contributed by atoms with Crippen molar-refractivity contribution in [2.75, 3.05) is 25.6 Å². The zero-order valence-electron chi connectivity index (χ0n) is 42.0. The maximum Gasteiger partial charge on any atom is 0.481 e. The number of nitrogens with two attached hydrogens (primary N) is 1. The molecule has 8 atom stereocenters. The highest BCUT2D eigenvalue weighted by Crippen LogP contribution is 2.60. The number of aliphatic hydroxyl groups is 3. The number of phosphoric acid groups is 2. The van der Waals surface area contributed by atoms with Crippen LogP contribution in [0.3, 0.4) is 0 Å². The Hall–Kier alpha value is -3.58. The Morgan fingerprint density at radius 2 is 1.32 bits per heavy atom. The molecule has 1 saturated heterocycles. The lowest BCUT2D eigenvalue weighted by Crippen LogP contribution is -2.36. The van der Waals surface area contributed by atoms with Crippen molar-refractivity contribution in [3.63, 3.8) is 0 Å². The molecule has 1 aromatic heterocycles. The minimum absolute atomic E-state index is 0.0854. The fourth-order valence-electron chi connectivity index (χ4n) is 7.23. The van der Waals surface area contributed by atoms with Crippen LogP contribution in [0.4, 0.5) is 5.82 Å². The van der Waals surface area contributed by atoms with Gasteiger partial charge in [0.1, 0.15) is 30.7 Å². The third-order valence-corrected chi connectivity index (χ3v) is 13.8. The Bertz CT molecular complexity index is 1960. The summed E-state index contributed by atoms with van der Waals surface area (Å²) in [6.45, 7) is 4.15. The predicted octanol–water partition coefficient (Wildman–Crippen LogP) is 9.16. The van der Waals surface area contributed by atoms with Crippen LogP contribution in [0.15, 0.2) is 77.8 Å². The van der Waals surface area contributed by atoms with E-state index in [1.54, 1.807) is 12.2 Å². The van der Waals surface area contributed by atoms with Gasteiger partial charge in [-0.05, 0) is 56.9 Å². The molecule has 0 bridgehead atoms. The molecule has 0 radical (unpaired) electrons. The molecule has 0 aromatic carbocycles. The third-order valence-electron chi connectivity index (χ3n) is 11.1. The van der Waals surface area contributed by atoms with Crippen molar-refractivity contribution in [3.05, 3.63) is 83.5 Å². The van der Waals surface area contributed by atoms with Gasteiger partial charge in [0.15, 0.2) is 12.3 Å². The van der Waals surface area contributed by atoms with E-state index < -0.39 is 89.8 Å². The number of aromatic nitrogens is 2. The lowest BCUT2D eigenvalue weighted by atomic mass is 10.0. The summed E-state index contributed by atoms with van der Waals surface area (Å²) in [4.78, 5) is 61.9. The molecule has 71 heavy (non-hydrogen) atoms. The summed E-state index contributed by atoms with van der Waals surface area (Å²) >= 11 is 0. The largest absolute Gasteiger partial charge is 0.481 e. The van der Waals surface area contributed by atoms with Gasteiger partial charge in [0.05, 0.1) is 19.3 Å². The summed E-state index contributed by atoms with van der Waals surface area (Å²) in [7, 11) is -10.9. The number of unbranched alkanes of at least 4 members (excludes halogenated alkanes) is 11. The average Bonchev–Trinajstić information content (AvgIpc) is 3.59. The number of esters is 2. The van der Waals surface area contributed by atoms with Crippen LogP contribution in [0.2, 0.25) is 0 Å². The van der Waals surface area contributed by atoms with E-state index in [2.05, 4.69) is 60.4 Å². The summed E-state index contributed by atoms with van der Waals surface area (Å²) in [5.41, 5.74) is 4.57. The van der Waals surface area contributed by atoms with Gasteiger partial charge in [-0.3, -0.25) is 23.2 Å². The number of nitrogen functional groups attached to an aromatic ring is 1. The van der Waals surface area contributed by atoms with E-state index in [0.717, 1.165) is 68.0 Å². The molecular weight excluding hydrogens is 961 g/mol. The smallest absolute Gasteiger partial charge is 0.462 e. The number of carbonyl (C=O) groups excluding carboxylic acids is 2. The maximum atomic E-state index is 12.9. The summed E-state index contributed by atoms with van der Waals surface area (Å²) in [5.74, 6) is -0.744. The van der Waals surface area contributed by atoms with Crippen molar-refractivity contribution in [1.29, 1.82) is 0 Å². The lowest BCUT2D eigenvalue weighted by molar-refractivity contribution is -0.161. The van der Waals surface area contributed by atoms with Crippen LogP contribution in [-0.4, -0.2) is 96.9 Å². The number of rotatable bonds is 40. The number of hydrogen-bond acceptors (Lipinski definition) is 16. The van der Waals surface area contributed by atoms with Crippen molar-refractivity contribution in [1.82, 2.24) is 9.55 Å². The normalized spacial score (nSPS) is 20.2. The van der Waals surface area contributed by atoms with Gasteiger partial charge in [-0.15, -0.1) is 0 Å². The quantitative estimate of drug-likeness (QED) is 0.0117. The van der Waals surface area contributed by atoms with Crippen LogP contribution in [0.25, 0.3) is 0 Å². The molecule has 1 aliphatic rings. The second kappa shape index (κ2) is 37.2. The van der Waals surface area contributed by atoms with E-state index in [1.807, 2.05) is 18.2 Å². The molecule has 0 aliphatic carbocycles. The molecule has 1 fully saturated rings. The fraction of sp³-hybridized carbons (Fsp3) is 0.680. The summed E-state index contributed by atoms with van der Waals surface area (Å²) < 4.78 is 56.6. The molecule has 0 amide bonds. The van der Waals surface area contributed by atoms with Gasteiger partial charge in [-0.25, -0.2) is 13.9 Å². The van der Waals surface area contributed by atoms with E-state index in [1.165, 1.54) is 57.4 Å². The van der Waals surface area contributed by atoms with Crippen LogP contribution < -0.4 is 11.4 Å². The number of aliphatic hydroxyl groups excluding tert-OH is 3. The predicted molar refractivity (Wildman–Crippen MR) is 271 cm³/mol. The van der Waals surface area contributed by atoms with Crippen LogP contribution in [0, 0.1) is 5.92 Å². The standard InChI is InChI=1S/C50H83N3O16P2/c1-4-5-6-7-8-9-10-11-15-18-21-24-27-31-41(54)32-29-34-46(56)67-42(37-64-45(55)33-28-25-22-19-16-13-12-14-17-20-23-26-30-40(2)3)38-65-70(60,61)69-71(62,63)66-39-43-47(57)48(58)49(68-43)53-36-35-44(51)52-50(53)59/h5-6,8-9,11,15,21,24,27,31,35-36,40-43,47-49,54,57-58H,4,7,10,12-14,16-20,22-23,25-26,28-30,32-34,37-39H2,1-3H3,(H,60,61)(H,62,63)(H2,51,52,59)/b6-5-,9-8-,15-11-,24-21-,31-27+/t41?,42-,43-,47-,48-,49-/m1/s1. The molecule has 21 heteroatoms. The first kappa shape index (κ1) is 63.5. The zero-order valence-corrected chi connectivity index (χ0v) is 43.8. The first-order valence-corrected chi connectivity index (χ1v) is 28.3. The minimum atomic E-state index is -5.47. The molecule has 1 aromatic rings. The Morgan fingerprint density at radius 1 is 0.761 bits per heavy atom. The van der Waals surface area contributed by atoms with Gasteiger partial charge in [-0.1, -0.05) is 159 Å². The van der Waals surface area contributed by atoms with E-state index in [-0.39, 0.29) is 31.5 Å². The van der Waals surface area contributed by atoms with Crippen molar-refractivity contribution in [3.8, 4) is 0 Å². The van der Waals surface area contributed by atoms with Gasteiger partial charge in [0.2, 0.25) is 0 Å². The molecule has 7 N–H and O–H groups in total. The number of hydrogen-bond donors (Lipinski definition) is 6. The van der Waals surface area contributed by atoms with Gasteiger partial charge in [-0.2, -0.15) is 9.29 Å². The second-order valence-corrected chi connectivity index (χ2v) is 21.0. The summed E-state index contributed by atoms with van der Waals surface area (Å²) in [6.07, 6.45) is 30.5. The van der Waals surface area contributed by atoms with Crippen LogP contribution in [-0.2, 0) is 46.3 Å². The maximum absolute atomic E-state index is 12.9. The van der Waals surface area contributed by atoms with Crippen molar-refractivity contribution >= 4 is 33.4 Å². The molecule has 404 valence electrons. The Kier molecular flexibility index (Phi) is 33.3. The van der Waals surface area contributed by atoms with Crippen LogP contribution in [0.1, 0.15) is 162 Å². The van der Waals surface area contributed by atoms with Gasteiger partial charge >= 0.3 is 33.3 Å². The number of nitrogens with zero attached hydrogens (tertiary/aromatic N) is 2. The van der Waals surface area contributed by atoms with Gasteiger partial charge < -0.3 is 45.1 Å². The molecule has 0 spiro atoms. The highest BCUT2D eigenvalue weighted by atomic mass is 31.3. The summed E-state index contributed by atoms with van der Waals surface area (Å²) in [6, 6.07) is 1.24. The second-order valence-electron chi connectivity index (χ2n) is 18.0. The number of phosphoric ester groups is 2. The number of carbonyl (C=O) groups is 2. The molecule has 0 saturated carbocycles. The lowest BCUT2D eigenvalue weighted by Gasteiger charge is -2.21. The molecule has 3 unspecified atom stereocenters. The SMILES string of the molecule is CC/C=C\C/C=C\C/C=C\C/C=C\C=C\C(O)CCCC(=O)O[C@H](COC(=O)CCCCCCCCCCCCCCC(C)C)COP(=O)(O)OP(=O)(O)OC[C@H]1O[C@@H](n2ccc(N)nc2=O)[C@H](O)[C@@H]1O. The van der Waals surface area contributed by atoms with Gasteiger partial charge in [0.25, 0.3) is 0 Å². The van der Waals surface area contributed by atoms with Crippen molar-refractivity contribution in [2.45, 2.75) is 192 Å². The van der Waals surface area contributed by atoms with Gasteiger partial charge in [0, 0.05) is 19.0 Å². The van der Waals surface area contributed by atoms with E-state index in [9.17, 15) is 48.6 Å².